The minimum absolute atomic E-state index is 0. The predicted molar refractivity (Wildman–Crippen MR) is 83.2 cm³/mol. The van der Waals surface area contributed by atoms with Gasteiger partial charge in [0.2, 0.25) is 0 Å². The number of hydrogen-bond donors (Lipinski definition) is 2. The summed E-state index contributed by atoms with van der Waals surface area (Å²) in [6, 6.07) is 0. The lowest BCUT2D eigenvalue weighted by molar-refractivity contribution is 0.129. The molecule has 1 aliphatic rings. The Morgan fingerprint density at radius 2 is 2.00 bits per heavy atom. The zero-order valence-corrected chi connectivity index (χ0v) is 13.7. The molecule has 4 nitrogen and oxygen atoms in total. The van der Waals surface area contributed by atoms with Crippen molar-refractivity contribution in [3.63, 3.8) is 0 Å². The van der Waals surface area contributed by atoms with Crippen molar-refractivity contribution in [2.75, 3.05) is 26.8 Å². The molecule has 0 amide bonds. The highest BCUT2D eigenvalue weighted by Crippen LogP contribution is 2.28. The molecule has 1 saturated carbocycles. The normalized spacial score (nSPS) is 16.4. The maximum Gasteiger partial charge on any atom is 0.191 e. The predicted octanol–water partition coefficient (Wildman–Crippen LogP) is 1.99. The highest BCUT2D eigenvalue weighted by atomic mass is 127. The van der Waals surface area contributed by atoms with Gasteiger partial charge in [-0.3, -0.25) is 4.99 Å². The first-order valence-electron chi connectivity index (χ1n) is 6.08. The molecule has 0 aromatic carbocycles. The molecule has 0 aromatic rings. The molecule has 0 aromatic heterocycles. The Morgan fingerprint density at radius 3 is 2.47 bits per heavy atom. The van der Waals surface area contributed by atoms with Crippen molar-refractivity contribution in [3.05, 3.63) is 0 Å². The summed E-state index contributed by atoms with van der Waals surface area (Å²) >= 11 is 0. The zero-order chi connectivity index (χ0) is 12.0. The fourth-order valence-electron chi connectivity index (χ4n) is 1.31. The van der Waals surface area contributed by atoms with Gasteiger partial charge in [0.05, 0.1) is 6.61 Å². The van der Waals surface area contributed by atoms with Crippen LogP contribution < -0.4 is 10.6 Å². The maximum atomic E-state index is 5.54. The molecule has 0 radical (unpaired) electrons. The van der Waals surface area contributed by atoms with E-state index in [-0.39, 0.29) is 29.5 Å². The highest BCUT2D eigenvalue weighted by Gasteiger charge is 2.20. The van der Waals surface area contributed by atoms with Crippen LogP contribution in [0.5, 0.6) is 0 Å². The SMILES string of the molecule is CN=C(NCCOCC1CC1)NC(C)(C)C.I. The van der Waals surface area contributed by atoms with Gasteiger partial charge in [-0.25, -0.2) is 0 Å². The molecular weight excluding hydrogens is 329 g/mol. The van der Waals surface area contributed by atoms with Crippen LogP contribution >= 0.6 is 24.0 Å². The van der Waals surface area contributed by atoms with E-state index < -0.39 is 0 Å². The third kappa shape index (κ3) is 9.64. The first kappa shape index (κ1) is 17.0. The van der Waals surface area contributed by atoms with Crippen LogP contribution in [0.25, 0.3) is 0 Å². The van der Waals surface area contributed by atoms with E-state index in [2.05, 4.69) is 36.4 Å². The van der Waals surface area contributed by atoms with Crippen LogP contribution in [-0.2, 0) is 4.74 Å². The van der Waals surface area contributed by atoms with E-state index in [1.54, 1.807) is 7.05 Å². The largest absolute Gasteiger partial charge is 0.379 e. The molecule has 0 saturated heterocycles. The molecule has 0 unspecified atom stereocenters. The van der Waals surface area contributed by atoms with Crippen LogP contribution in [-0.4, -0.2) is 38.3 Å². The standard InChI is InChI=1S/C12H25N3O.HI/c1-12(2,3)15-11(13-4)14-7-8-16-9-10-5-6-10;/h10H,5-9H2,1-4H3,(H2,13,14,15);1H. The van der Waals surface area contributed by atoms with Gasteiger partial charge in [0.15, 0.2) is 5.96 Å². The number of halogens is 1. The van der Waals surface area contributed by atoms with Gasteiger partial charge in [-0.1, -0.05) is 0 Å². The van der Waals surface area contributed by atoms with Crippen LogP contribution in [0.4, 0.5) is 0 Å². The molecule has 1 fully saturated rings. The number of nitrogens with zero attached hydrogens (tertiary/aromatic N) is 1. The summed E-state index contributed by atoms with van der Waals surface area (Å²) in [5.74, 6) is 1.68. The van der Waals surface area contributed by atoms with Gasteiger partial charge in [-0.15, -0.1) is 24.0 Å². The molecule has 0 bridgehead atoms. The molecule has 102 valence electrons. The summed E-state index contributed by atoms with van der Waals surface area (Å²) in [5.41, 5.74) is 0.0384. The average Bonchev–Trinajstić information content (AvgIpc) is 2.97. The Balaban J connectivity index is 0.00000256. The molecular formula is C12H26IN3O. The molecule has 0 aliphatic heterocycles. The number of ether oxygens (including phenoxy) is 1. The number of hydrogen-bond acceptors (Lipinski definition) is 2. The molecule has 17 heavy (non-hydrogen) atoms. The average molecular weight is 355 g/mol. The first-order chi connectivity index (χ1) is 7.51. The van der Waals surface area contributed by atoms with Gasteiger partial charge in [0.25, 0.3) is 0 Å². The van der Waals surface area contributed by atoms with Crippen molar-refractivity contribution >= 4 is 29.9 Å². The fraction of sp³-hybridized carbons (Fsp3) is 0.917. The summed E-state index contributed by atoms with van der Waals surface area (Å²) in [6.45, 7) is 8.83. The van der Waals surface area contributed by atoms with E-state index in [9.17, 15) is 0 Å². The topological polar surface area (TPSA) is 45.7 Å². The molecule has 0 heterocycles. The van der Waals surface area contributed by atoms with E-state index in [4.69, 9.17) is 4.74 Å². The van der Waals surface area contributed by atoms with Crippen LogP contribution in [0.15, 0.2) is 4.99 Å². The van der Waals surface area contributed by atoms with Crippen molar-refractivity contribution < 1.29 is 4.74 Å². The van der Waals surface area contributed by atoms with E-state index in [0.29, 0.717) is 0 Å². The van der Waals surface area contributed by atoms with Crippen molar-refractivity contribution in [1.29, 1.82) is 0 Å². The minimum Gasteiger partial charge on any atom is -0.379 e. The quantitative estimate of drug-likeness (QED) is 0.343. The monoisotopic (exact) mass is 355 g/mol. The van der Waals surface area contributed by atoms with E-state index in [1.165, 1.54) is 12.8 Å². The van der Waals surface area contributed by atoms with Gasteiger partial charge in [0.1, 0.15) is 0 Å². The third-order valence-corrected chi connectivity index (χ3v) is 2.31. The number of aliphatic imine (C=N–C) groups is 1. The number of rotatable bonds is 5. The molecule has 0 atom stereocenters. The smallest absolute Gasteiger partial charge is 0.191 e. The Kier molecular flexibility index (Phi) is 8.11. The van der Waals surface area contributed by atoms with Crippen LogP contribution in [0.3, 0.4) is 0 Å². The van der Waals surface area contributed by atoms with Gasteiger partial charge in [-0.05, 0) is 39.5 Å². The second-order valence-electron chi connectivity index (χ2n) is 5.39. The highest BCUT2D eigenvalue weighted by molar-refractivity contribution is 14.0. The van der Waals surface area contributed by atoms with E-state index in [1.807, 2.05) is 0 Å². The summed E-state index contributed by atoms with van der Waals surface area (Å²) in [5, 5.41) is 6.54. The van der Waals surface area contributed by atoms with Crippen LogP contribution in [0.2, 0.25) is 0 Å². The second kappa shape index (κ2) is 8.13. The summed E-state index contributed by atoms with van der Waals surface area (Å²) < 4.78 is 5.54. The molecule has 1 rings (SSSR count). The van der Waals surface area contributed by atoms with Gasteiger partial charge >= 0.3 is 0 Å². The zero-order valence-electron chi connectivity index (χ0n) is 11.4. The molecule has 5 heteroatoms. The second-order valence-corrected chi connectivity index (χ2v) is 5.39. The molecule has 0 spiro atoms. The van der Waals surface area contributed by atoms with Gasteiger partial charge in [0, 0.05) is 25.7 Å². The van der Waals surface area contributed by atoms with Crippen molar-refractivity contribution in [2.45, 2.75) is 39.2 Å². The first-order valence-corrected chi connectivity index (χ1v) is 6.08. The van der Waals surface area contributed by atoms with Crippen molar-refractivity contribution in [2.24, 2.45) is 10.9 Å². The van der Waals surface area contributed by atoms with Gasteiger partial charge < -0.3 is 15.4 Å². The summed E-state index contributed by atoms with van der Waals surface area (Å²) in [7, 11) is 1.78. The fourth-order valence-corrected chi connectivity index (χ4v) is 1.31. The lowest BCUT2D eigenvalue weighted by Crippen LogP contribution is -2.48. The van der Waals surface area contributed by atoms with Crippen LogP contribution in [0.1, 0.15) is 33.6 Å². The third-order valence-electron chi connectivity index (χ3n) is 2.31. The lowest BCUT2D eigenvalue weighted by Gasteiger charge is -2.23. The van der Waals surface area contributed by atoms with Gasteiger partial charge in [-0.2, -0.15) is 0 Å². The maximum absolute atomic E-state index is 5.54. The van der Waals surface area contributed by atoms with Crippen LogP contribution in [0, 0.1) is 5.92 Å². The van der Waals surface area contributed by atoms with E-state index >= 15 is 0 Å². The van der Waals surface area contributed by atoms with Crippen molar-refractivity contribution in [1.82, 2.24) is 10.6 Å². The minimum atomic E-state index is 0. The number of nitrogens with one attached hydrogen (secondary N) is 2. The summed E-state index contributed by atoms with van der Waals surface area (Å²) in [6.07, 6.45) is 2.70. The Bertz CT molecular complexity index is 234. The lowest BCUT2D eigenvalue weighted by atomic mass is 10.1. The van der Waals surface area contributed by atoms with E-state index in [0.717, 1.165) is 31.6 Å². The molecule has 2 N–H and O–H groups in total. The Labute approximate surface area is 122 Å². The summed E-state index contributed by atoms with van der Waals surface area (Å²) in [4.78, 5) is 4.16. The molecule has 1 aliphatic carbocycles. The van der Waals surface area contributed by atoms with Crippen molar-refractivity contribution in [3.8, 4) is 0 Å². The number of guanidine groups is 1. The Hall–Kier alpha value is -0.0400. The Morgan fingerprint density at radius 1 is 1.35 bits per heavy atom.